The van der Waals surface area contributed by atoms with Gasteiger partial charge >= 0.3 is 0 Å². The maximum atomic E-state index is 12.7. The van der Waals surface area contributed by atoms with Crippen LogP contribution in [0.25, 0.3) is 0 Å². The summed E-state index contributed by atoms with van der Waals surface area (Å²) in [7, 11) is 0. The number of anilines is 1. The van der Waals surface area contributed by atoms with E-state index in [4.69, 9.17) is 0 Å². The predicted molar refractivity (Wildman–Crippen MR) is 79.2 cm³/mol. The topological polar surface area (TPSA) is 32.3 Å². The molecule has 1 unspecified atom stereocenters. The maximum Gasteiger partial charge on any atom is 0.258 e. The van der Waals surface area contributed by atoms with E-state index in [0.717, 1.165) is 17.7 Å². The molecule has 1 heterocycles. The van der Waals surface area contributed by atoms with E-state index >= 15 is 0 Å². The van der Waals surface area contributed by atoms with Gasteiger partial charge in [0.1, 0.15) is 5.66 Å². The molecule has 3 heteroatoms. The van der Waals surface area contributed by atoms with Crippen LogP contribution in [-0.2, 0) is 0 Å². The summed E-state index contributed by atoms with van der Waals surface area (Å²) in [5.74, 6) is 0.657. The first kappa shape index (κ1) is 13.9. The number of fused-ring (bicyclic) bond motifs is 1. The number of para-hydroxylation sites is 1. The van der Waals surface area contributed by atoms with Gasteiger partial charge < -0.3 is 10.2 Å². The molecule has 0 fully saturated rings. The van der Waals surface area contributed by atoms with Crippen molar-refractivity contribution >= 4 is 11.6 Å². The van der Waals surface area contributed by atoms with Gasteiger partial charge in [0, 0.05) is 11.7 Å². The number of nitrogens with zero attached hydrogens (tertiary/aromatic N) is 1. The van der Waals surface area contributed by atoms with Crippen LogP contribution in [0, 0.1) is 5.92 Å². The van der Waals surface area contributed by atoms with Gasteiger partial charge in [-0.3, -0.25) is 4.79 Å². The molecule has 1 atom stereocenters. The third-order valence-corrected chi connectivity index (χ3v) is 3.63. The zero-order valence-electron chi connectivity index (χ0n) is 12.5. The molecule has 1 amide bonds. The Balaban J connectivity index is 2.48. The highest BCUT2D eigenvalue weighted by Crippen LogP contribution is 2.36. The summed E-state index contributed by atoms with van der Waals surface area (Å²) in [5.41, 5.74) is 1.42. The van der Waals surface area contributed by atoms with Gasteiger partial charge in [0.05, 0.1) is 5.56 Å². The van der Waals surface area contributed by atoms with Crippen molar-refractivity contribution in [1.82, 2.24) is 4.90 Å². The number of rotatable bonds is 3. The number of carbonyl (C=O) groups is 1. The average Bonchev–Trinajstić information content (AvgIpc) is 2.26. The molecule has 0 aromatic heterocycles. The molecule has 0 spiro atoms. The number of benzene rings is 1. The van der Waals surface area contributed by atoms with Gasteiger partial charge in [-0.1, -0.05) is 26.0 Å². The van der Waals surface area contributed by atoms with Crippen LogP contribution in [0.3, 0.4) is 0 Å². The Morgan fingerprint density at radius 2 is 1.84 bits per heavy atom. The summed E-state index contributed by atoms with van der Waals surface area (Å²) < 4.78 is 0. The molecule has 19 heavy (non-hydrogen) atoms. The molecular weight excluding hydrogens is 236 g/mol. The van der Waals surface area contributed by atoms with Gasteiger partial charge in [-0.2, -0.15) is 0 Å². The van der Waals surface area contributed by atoms with Crippen molar-refractivity contribution < 1.29 is 4.79 Å². The molecule has 1 aliphatic rings. The van der Waals surface area contributed by atoms with Crippen molar-refractivity contribution in [1.29, 1.82) is 0 Å². The molecular formula is C16H24N2O. The minimum Gasteiger partial charge on any atom is -0.362 e. The fraction of sp³-hybridized carbons (Fsp3) is 0.562. The Hall–Kier alpha value is -1.51. The highest BCUT2D eigenvalue weighted by Gasteiger charge is 2.42. The average molecular weight is 260 g/mol. The lowest BCUT2D eigenvalue weighted by molar-refractivity contribution is 0.0389. The molecule has 0 aliphatic carbocycles. The van der Waals surface area contributed by atoms with Crippen molar-refractivity contribution in [2.24, 2.45) is 5.92 Å². The molecule has 1 aromatic rings. The van der Waals surface area contributed by atoms with E-state index in [1.165, 1.54) is 0 Å². The second kappa shape index (κ2) is 4.87. The minimum absolute atomic E-state index is 0.132. The molecule has 1 aromatic carbocycles. The van der Waals surface area contributed by atoms with Gasteiger partial charge in [-0.25, -0.2) is 0 Å². The molecule has 0 bridgehead atoms. The summed E-state index contributed by atoms with van der Waals surface area (Å²) in [4.78, 5) is 14.7. The quantitative estimate of drug-likeness (QED) is 0.898. The molecule has 3 nitrogen and oxygen atoms in total. The van der Waals surface area contributed by atoms with Crippen molar-refractivity contribution in [3.05, 3.63) is 29.8 Å². The molecule has 1 aliphatic heterocycles. The second-order valence-corrected chi connectivity index (χ2v) is 6.31. The molecule has 104 valence electrons. The Bertz CT molecular complexity index is 481. The van der Waals surface area contributed by atoms with Crippen LogP contribution in [0.15, 0.2) is 24.3 Å². The van der Waals surface area contributed by atoms with Crippen LogP contribution < -0.4 is 5.32 Å². The SMILES string of the molecule is CC(C)CC1(C)Nc2ccccc2C(=O)N1C(C)C. The van der Waals surface area contributed by atoms with E-state index < -0.39 is 0 Å². The van der Waals surface area contributed by atoms with Gasteiger partial charge in [-0.15, -0.1) is 0 Å². The Morgan fingerprint density at radius 1 is 1.21 bits per heavy atom. The molecule has 2 rings (SSSR count). The van der Waals surface area contributed by atoms with Crippen LogP contribution in [0.5, 0.6) is 0 Å². The van der Waals surface area contributed by atoms with E-state index in [0.29, 0.717) is 5.92 Å². The van der Waals surface area contributed by atoms with E-state index in [-0.39, 0.29) is 17.6 Å². The number of hydrogen-bond donors (Lipinski definition) is 1. The predicted octanol–water partition coefficient (Wildman–Crippen LogP) is 3.73. The normalized spacial score (nSPS) is 22.7. The van der Waals surface area contributed by atoms with E-state index in [1.54, 1.807) is 0 Å². The highest BCUT2D eigenvalue weighted by atomic mass is 16.2. The standard InChI is InChI=1S/C16H24N2O/c1-11(2)10-16(5)17-14-9-7-6-8-13(14)15(19)18(16)12(3)4/h6-9,11-12,17H,10H2,1-5H3. The van der Waals surface area contributed by atoms with Gasteiger partial charge in [0.25, 0.3) is 5.91 Å². The lowest BCUT2D eigenvalue weighted by Gasteiger charge is -2.49. The summed E-state index contributed by atoms with van der Waals surface area (Å²) in [5, 5.41) is 3.57. The van der Waals surface area contributed by atoms with Crippen molar-refractivity contribution in [2.45, 2.75) is 52.7 Å². The van der Waals surface area contributed by atoms with E-state index in [9.17, 15) is 4.79 Å². The molecule has 0 radical (unpaired) electrons. The summed E-state index contributed by atoms with van der Waals surface area (Å²) >= 11 is 0. The third kappa shape index (κ3) is 2.46. The first-order valence-electron chi connectivity index (χ1n) is 7.06. The van der Waals surface area contributed by atoms with Gasteiger partial charge in [0.15, 0.2) is 0 Å². The first-order chi connectivity index (χ1) is 8.85. The van der Waals surface area contributed by atoms with Crippen LogP contribution in [0.1, 0.15) is 51.4 Å². The third-order valence-electron chi connectivity index (χ3n) is 3.63. The molecule has 1 N–H and O–H groups in total. The number of carbonyl (C=O) groups excluding carboxylic acids is 1. The fourth-order valence-electron chi connectivity index (χ4n) is 3.23. The number of amides is 1. The van der Waals surface area contributed by atoms with Crippen molar-refractivity contribution in [2.75, 3.05) is 5.32 Å². The zero-order valence-corrected chi connectivity index (χ0v) is 12.5. The van der Waals surface area contributed by atoms with Crippen molar-refractivity contribution in [3.63, 3.8) is 0 Å². The lowest BCUT2D eigenvalue weighted by atomic mass is 9.91. The smallest absolute Gasteiger partial charge is 0.258 e. The first-order valence-corrected chi connectivity index (χ1v) is 7.06. The van der Waals surface area contributed by atoms with Crippen LogP contribution in [-0.4, -0.2) is 22.5 Å². The molecule has 0 saturated carbocycles. The monoisotopic (exact) mass is 260 g/mol. The van der Waals surface area contributed by atoms with Crippen LogP contribution in [0.2, 0.25) is 0 Å². The van der Waals surface area contributed by atoms with Crippen LogP contribution >= 0.6 is 0 Å². The minimum atomic E-state index is -0.312. The summed E-state index contributed by atoms with van der Waals surface area (Å²) in [6, 6.07) is 7.96. The summed E-state index contributed by atoms with van der Waals surface area (Å²) in [6.07, 6.45) is 0.936. The Labute approximate surface area is 116 Å². The van der Waals surface area contributed by atoms with Crippen LogP contribution in [0.4, 0.5) is 5.69 Å². The van der Waals surface area contributed by atoms with E-state index in [1.807, 2.05) is 29.2 Å². The Morgan fingerprint density at radius 3 is 2.42 bits per heavy atom. The fourth-order valence-corrected chi connectivity index (χ4v) is 3.23. The largest absolute Gasteiger partial charge is 0.362 e. The summed E-state index contributed by atoms with van der Waals surface area (Å²) in [6.45, 7) is 10.7. The second-order valence-electron chi connectivity index (χ2n) is 6.31. The number of nitrogens with one attached hydrogen (secondary N) is 1. The Kier molecular flexibility index (Phi) is 3.57. The number of hydrogen-bond acceptors (Lipinski definition) is 2. The van der Waals surface area contributed by atoms with Gasteiger partial charge in [0.2, 0.25) is 0 Å². The highest BCUT2D eigenvalue weighted by molar-refractivity contribution is 6.02. The maximum absolute atomic E-state index is 12.7. The molecule has 0 saturated heterocycles. The lowest BCUT2D eigenvalue weighted by Crippen LogP contribution is -2.61. The van der Waals surface area contributed by atoms with E-state index in [2.05, 4.69) is 39.9 Å². The zero-order chi connectivity index (χ0) is 14.2. The van der Waals surface area contributed by atoms with Gasteiger partial charge in [-0.05, 0) is 45.2 Å². The van der Waals surface area contributed by atoms with Crippen molar-refractivity contribution in [3.8, 4) is 0 Å².